The number of Topliss-reactive ketones (excluding diaryl/α,β-unsaturated/α-hetero) is 1. The van der Waals surface area contributed by atoms with Gasteiger partial charge in [-0.2, -0.15) is 18.4 Å². The van der Waals surface area contributed by atoms with Crippen LogP contribution in [0.3, 0.4) is 0 Å². The Hall–Kier alpha value is -3.86. The van der Waals surface area contributed by atoms with Gasteiger partial charge in [-0.15, -0.1) is 0 Å². The van der Waals surface area contributed by atoms with Crippen molar-refractivity contribution in [2.24, 2.45) is 0 Å². The minimum absolute atomic E-state index is 0.102. The lowest BCUT2D eigenvalue weighted by Crippen LogP contribution is -2.34. The third-order valence-corrected chi connectivity index (χ3v) is 5.44. The van der Waals surface area contributed by atoms with Crippen LogP contribution in [0.5, 0.6) is 0 Å². The van der Waals surface area contributed by atoms with Gasteiger partial charge in [-0.25, -0.2) is 4.79 Å². The number of hydrogen-bond acceptors (Lipinski definition) is 4. The lowest BCUT2D eigenvalue weighted by molar-refractivity contribution is -0.137. The van der Waals surface area contributed by atoms with Crippen molar-refractivity contribution >= 4 is 17.4 Å². The zero-order valence-electron chi connectivity index (χ0n) is 17.5. The highest BCUT2D eigenvalue weighted by Gasteiger charge is 2.39. The molecule has 5 nitrogen and oxygen atoms in total. The molecule has 1 N–H and O–H groups in total. The van der Waals surface area contributed by atoms with E-state index in [4.69, 9.17) is 5.26 Å². The Kier molecular flexibility index (Phi) is 5.95. The van der Waals surface area contributed by atoms with Crippen molar-refractivity contribution in [2.75, 3.05) is 4.90 Å². The number of anilines is 1. The summed E-state index contributed by atoms with van der Waals surface area (Å²) in [5.41, 5.74) is 0.670. The number of hydrogen-bond donors (Lipinski definition) is 1. The van der Waals surface area contributed by atoms with Crippen molar-refractivity contribution in [3.05, 3.63) is 87.8 Å². The number of halogens is 3. The molecule has 1 aliphatic rings. The highest BCUT2D eigenvalue weighted by molar-refractivity contribution is 6.03. The Balaban J connectivity index is 2.28. The molecule has 0 aliphatic carbocycles. The molecule has 0 bridgehead atoms. The fourth-order valence-corrected chi connectivity index (χ4v) is 4.08. The highest BCUT2D eigenvalue weighted by atomic mass is 19.4. The average Bonchev–Trinajstić information content (AvgIpc) is 2.72. The first-order valence-electron chi connectivity index (χ1n) is 9.60. The number of aliphatic carboxylic acids is 1. The second kappa shape index (κ2) is 8.35. The van der Waals surface area contributed by atoms with Crippen molar-refractivity contribution in [3.63, 3.8) is 0 Å². The molecule has 32 heavy (non-hydrogen) atoms. The van der Waals surface area contributed by atoms with Gasteiger partial charge >= 0.3 is 12.1 Å². The number of carbonyl (C=O) groups is 2. The van der Waals surface area contributed by atoms with E-state index in [1.54, 1.807) is 19.1 Å². The van der Waals surface area contributed by atoms with Crippen molar-refractivity contribution < 1.29 is 27.9 Å². The van der Waals surface area contributed by atoms with Crippen molar-refractivity contribution in [1.82, 2.24) is 0 Å². The predicted molar refractivity (Wildman–Crippen MR) is 112 cm³/mol. The summed E-state index contributed by atoms with van der Waals surface area (Å²) in [5.74, 6) is -2.63. The molecule has 2 aromatic carbocycles. The molecule has 0 saturated carbocycles. The van der Waals surface area contributed by atoms with E-state index in [-0.39, 0.29) is 22.5 Å². The Labute approximate surface area is 182 Å². The SMILES string of the molecule is CC(=O)C1=C(C)N(c2cccc(C(F)(F)F)c2)C(C)=C(C(=O)O)C1c1ccc(C#N)cc1. The quantitative estimate of drug-likeness (QED) is 0.688. The van der Waals surface area contributed by atoms with Gasteiger partial charge in [-0.3, -0.25) is 4.79 Å². The van der Waals surface area contributed by atoms with Crippen molar-refractivity contribution in [3.8, 4) is 6.07 Å². The number of carbonyl (C=O) groups excluding carboxylic acids is 1. The average molecular weight is 440 g/mol. The number of allylic oxidation sites excluding steroid dienone is 3. The van der Waals surface area contributed by atoms with Gasteiger partial charge in [-0.1, -0.05) is 18.2 Å². The van der Waals surface area contributed by atoms with Crippen LogP contribution in [-0.4, -0.2) is 16.9 Å². The molecular formula is C24H19F3N2O3. The maximum atomic E-state index is 13.3. The maximum absolute atomic E-state index is 13.3. The number of nitriles is 1. The van der Waals surface area contributed by atoms with Gasteiger partial charge in [0.25, 0.3) is 0 Å². The van der Waals surface area contributed by atoms with Crippen LogP contribution in [0.2, 0.25) is 0 Å². The summed E-state index contributed by atoms with van der Waals surface area (Å²) in [4.78, 5) is 26.3. The van der Waals surface area contributed by atoms with Gasteiger partial charge in [0.15, 0.2) is 5.78 Å². The molecule has 0 radical (unpaired) electrons. The zero-order valence-corrected chi connectivity index (χ0v) is 17.5. The largest absolute Gasteiger partial charge is 0.478 e. The highest BCUT2D eigenvalue weighted by Crippen LogP contribution is 2.44. The molecule has 1 aliphatic heterocycles. The van der Waals surface area contributed by atoms with Crippen LogP contribution in [-0.2, 0) is 15.8 Å². The van der Waals surface area contributed by atoms with Crippen LogP contribution in [0.25, 0.3) is 0 Å². The summed E-state index contributed by atoms with van der Waals surface area (Å²) < 4.78 is 39.8. The molecule has 0 aromatic heterocycles. The smallest absolute Gasteiger partial charge is 0.416 e. The molecular weight excluding hydrogens is 421 g/mol. The minimum atomic E-state index is -4.58. The normalized spacial score (nSPS) is 16.8. The number of nitrogens with zero attached hydrogens (tertiary/aromatic N) is 2. The third kappa shape index (κ3) is 4.02. The lowest BCUT2D eigenvalue weighted by atomic mass is 9.78. The number of carboxylic acid groups (broad SMARTS) is 1. The fraction of sp³-hybridized carbons (Fsp3) is 0.208. The Bertz CT molecular complexity index is 1160. The molecule has 1 heterocycles. The second-order valence-corrected chi connectivity index (χ2v) is 7.41. The summed E-state index contributed by atoms with van der Waals surface area (Å²) in [6.45, 7) is 4.37. The van der Waals surface area contributed by atoms with E-state index in [0.717, 1.165) is 12.1 Å². The Morgan fingerprint density at radius 1 is 1.03 bits per heavy atom. The Morgan fingerprint density at radius 2 is 1.62 bits per heavy atom. The number of benzene rings is 2. The van der Waals surface area contributed by atoms with Gasteiger partial charge in [-0.05, 0) is 56.7 Å². The summed E-state index contributed by atoms with van der Waals surface area (Å²) >= 11 is 0. The molecule has 164 valence electrons. The number of rotatable bonds is 4. The standard InChI is InChI=1S/C24H19F3N2O3/c1-13-20(15(3)30)22(17-9-7-16(12-28)8-10-17)21(23(31)32)14(2)29(13)19-6-4-5-18(11-19)24(25,26)27/h4-11,22H,1-3H3,(H,31,32). The van der Waals surface area contributed by atoms with Crippen LogP contribution in [0, 0.1) is 11.3 Å². The van der Waals surface area contributed by atoms with E-state index >= 15 is 0 Å². The van der Waals surface area contributed by atoms with E-state index in [2.05, 4.69) is 0 Å². The molecule has 1 atom stereocenters. The molecule has 1 unspecified atom stereocenters. The van der Waals surface area contributed by atoms with Gasteiger partial charge in [0, 0.05) is 28.6 Å². The Morgan fingerprint density at radius 3 is 2.12 bits per heavy atom. The van der Waals surface area contributed by atoms with E-state index in [9.17, 15) is 27.9 Å². The van der Waals surface area contributed by atoms with Gasteiger partial charge in [0.1, 0.15) is 0 Å². The lowest BCUT2D eigenvalue weighted by Gasteiger charge is -2.38. The van der Waals surface area contributed by atoms with Crippen LogP contribution >= 0.6 is 0 Å². The first-order valence-corrected chi connectivity index (χ1v) is 9.60. The fourth-order valence-electron chi connectivity index (χ4n) is 4.08. The van der Waals surface area contributed by atoms with Crippen LogP contribution in [0.1, 0.15) is 43.4 Å². The molecule has 2 aromatic rings. The topological polar surface area (TPSA) is 81.4 Å². The molecule has 0 saturated heterocycles. The summed E-state index contributed by atoms with van der Waals surface area (Å²) in [5, 5.41) is 19.1. The van der Waals surface area contributed by atoms with Crippen LogP contribution < -0.4 is 4.90 Å². The third-order valence-electron chi connectivity index (χ3n) is 5.44. The van der Waals surface area contributed by atoms with Gasteiger partial charge in [0.05, 0.1) is 22.8 Å². The van der Waals surface area contributed by atoms with E-state index in [0.29, 0.717) is 16.8 Å². The molecule has 0 amide bonds. The van der Waals surface area contributed by atoms with Crippen LogP contribution in [0.15, 0.2) is 71.1 Å². The van der Waals surface area contributed by atoms with Gasteiger partial charge < -0.3 is 10.0 Å². The number of carboxylic acids is 1. The summed E-state index contributed by atoms with van der Waals surface area (Å²) in [7, 11) is 0. The van der Waals surface area contributed by atoms with E-state index in [1.165, 1.54) is 43.0 Å². The monoisotopic (exact) mass is 440 g/mol. The first kappa shape index (κ1) is 22.8. The zero-order chi connectivity index (χ0) is 23.8. The number of alkyl halides is 3. The van der Waals surface area contributed by atoms with Gasteiger partial charge in [0.2, 0.25) is 0 Å². The molecule has 0 spiro atoms. The summed E-state index contributed by atoms with van der Waals surface area (Å²) in [6, 6.07) is 12.7. The van der Waals surface area contributed by atoms with E-state index < -0.39 is 29.4 Å². The number of ketones is 1. The molecule has 0 fully saturated rings. The second-order valence-electron chi connectivity index (χ2n) is 7.41. The minimum Gasteiger partial charge on any atom is -0.478 e. The molecule has 3 rings (SSSR count). The predicted octanol–water partition coefficient (Wildman–Crippen LogP) is 5.40. The molecule has 8 heteroatoms. The maximum Gasteiger partial charge on any atom is 0.416 e. The van der Waals surface area contributed by atoms with Crippen molar-refractivity contribution in [2.45, 2.75) is 32.9 Å². The van der Waals surface area contributed by atoms with Crippen molar-refractivity contribution in [1.29, 1.82) is 5.26 Å². The van der Waals surface area contributed by atoms with Crippen LogP contribution in [0.4, 0.5) is 18.9 Å². The first-order chi connectivity index (χ1) is 15.0. The summed E-state index contributed by atoms with van der Waals surface area (Å²) in [6.07, 6.45) is -4.58. The van der Waals surface area contributed by atoms with E-state index in [1.807, 2.05) is 6.07 Å².